The summed E-state index contributed by atoms with van der Waals surface area (Å²) in [4.78, 5) is 10.0. The molecule has 0 unspecified atom stereocenters. The van der Waals surface area contributed by atoms with E-state index in [1.807, 2.05) is 0 Å². The number of aliphatic hydroxyl groups excluding tert-OH is 1. The molecule has 3 N–H and O–H groups in total. The van der Waals surface area contributed by atoms with E-state index in [0.717, 1.165) is 0 Å². The van der Waals surface area contributed by atoms with Crippen LogP contribution in [0.2, 0.25) is 0 Å². The van der Waals surface area contributed by atoms with Gasteiger partial charge in [-0.1, -0.05) is 13.8 Å². The fraction of sp³-hybridized carbons (Fsp3) is 0.833. The Bertz CT molecular complexity index is 129. The monoisotopic (exact) mass is 169 g/mol. The van der Waals surface area contributed by atoms with E-state index in [0.29, 0.717) is 0 Å². The van der Waals surface area contributed by atoms with Gasteiger partial charge in [0, 0.05) is 0 Å². The van der Waals surface area contributed by atoms with Crippen molar-refractivity contribution in [3.8, 4) is 0 Å². The van der Waals surface area contributed by atoms with Gasteiger partial charge in [0.05, 0.1) is 18.1 Å². The number of carboxylic acid groups (broad SMARTS) is 1. The Morgan fingerprint density at radius 2 is 1.91 bits per heavy atom. The first-order valence-corrected chi connectivity index (χ1v) is 3.11. The zero-order valence-electron chi connectivity index (χ0n) is 7.07. The molecule has 0 bridgehead atoms. The van der Waals surface area contributed by atoms with Crippen LogP contribution in [0.25, 0.3) is 0 Å². The molecule has 0 spiro atoms. The summed E-state index contributed by atoms with van der Waals surface area (Å²) >= 11 is 0. The fourth-order valence-electron chi connectivity index (χ4n) is 0.554. The van der Waals surface area contributed by atoms with Gasteiger partial charge in [0.2, 0.25) is 0 Å². The van der Waals surface area contributed by atoms with Gasteiger partial charge in [0.15, 0.2) is 0 Å². The third kappa shape index (κ3) is 4.76. The zero-order valence-corrected chi connectivity index (χ0v) is 9.07. The van der Waals surface area contributed by atoms with Crippen LogP contribution in [0, 0.1) is 5.92 Å². The summed E-state index contributed by atoms with van der Waals surface area (Å²) in [5.41, 5.74) is 5.05. The first-order valence-electron chi connectivity index (χ1n) is 3.11. The topological polar surface area (TPSA) is 86.4 Å². The molecule has 0 saturated carbocycles. The quantitative estimate of drug-likeness (QED) is 0.414. The van der Waals surface area contributed by atoms with Crippen molar-refractivity contribution < 1.29 is 44.6 Å². The van der Waals surface area contributed by atoms with E-state index in [9.17, 15) is 9.90 Å². The molecule has 11 heavy (non-hydrogen) atoms. The van der Waals surface area contributed by atoms with Crippen molar-refractivity contribution in [3.63, 3.8) is 0 Å². The molecule has 0 rings (SSSR count). The molecule has 5 heteroatoms. The van der Waals surface area contributed by atoms with Crippen molar-refractivity contribution in [2.75, 3.05) is 0 Å². The molecule has 4 nitrogen and oxygen atoms in total. The van der Waals surface area contributed by atoms with Crippen molar-refractivity contribution in [2.24, 2.45) is 11.7 Å². The summed E-state index contributed by atoms with van der Waals surface area (Å²) in [7, 11) is 0. The van der Waals surface area contributed by atoms with Crippen molar-refractivity contribution >= 4 is 5.97 Å². The van der Waals surface area contributed by atoms with Crippen LogP contribution in [-0.2, 0) is 4.79 Å². The van der Waals surface area contributed by atoms with Gasteiger partial charge in [-0.15, -0.1) is 0 Å². The molecule has 0 amide bonds. The molecule has 0 aliphatic heterocycles. The maximum atomic E-state index is 10.0. The van der Waals surface area contributed by atoms with Crippen molar-refractivity contribution in [3.05, 3.63) is 0 Å². The molecule has 0 aromatic heterocycles. The smallest absolute Gasteiger partial charge is 0.548 e. The number of carboxylic acids is 1. The van der Waals surface area contributed by atoms with Gasteiger partial charge in [0.25, 0.3) is 0 Å². The van der Waals surface area contributed by atoms with Crippen LogP contribution in [-0.4, -0.2) is 23.2 Å². The Hall–Kier alpha value is 0.390. The van der Waals surface area contributed by atoms with Crippen LogP contribution in [0.4, 0.5) is 0 Å². The van der Waals surface area contributed by atoms with E-state index in [-0.39, 0.29) is 35.5 Å². The normalized spacial score (nSPS) is 15.4. The average molecular weight is 169 g/mol. The van der Waals surface area contributed by atoms with Gasteiger partial charge < -0.3 is 20.7 Å². The summed E-state index contributed by atoms with van der Waals surface area (Å²) in [5.74, 6) is -1.57. The van der Waals surface area contributed by atoms with E-state index >= 15 is 0 Å². The second kappa shape index (κ2) is 5.97. The molecule has 0 aliphatic rings. The van der Waals surface area contributed by atoms with Crippen LogP contribution in [0.15, 0.2) is 0 Å². The first-order chi connectivity index (χ1) is 4.46. The van der Waals surface area contributed by atoms with Gasteiger partial charge >= 0.3 is 29.6 Å². The molecular weight excluding hydrogens is 157 g/mol. The molecule has 0 heterocycles. The summed E-state index contributed by atoms with van der Waals surface area (Å²) < 4.78 is 0. The minimum absolute atomic E-state index is 0. The molecule has 60 valence electrons. The van der Waals surface area contributed by atoms with Crippen molar-refractivity contribution in [1.29, 1.82) is 0 Å². The second-order valence-electron chi connectivity index (χ2n) is 2.58. The minimum Gasteiger partial charge on any atom is -0.548 e. The van der Waals surface area contributed by atoms with E-state index in [1.54, 1.807) is 13.8 Å². The third-order valence-corrected chi connectivity index (χ3v) is 1.32. The molecule has 0 fully saturated rings. The largest absolute Gasteiger partial charge is 1.00 e. The average Bonchev–Trinajstić information content (AvgIpc) is 1.84. The maximum Gasteiger partial charge on any atom is 1.00 e. The van der Waals surface area contributed by atoms with Gasteiger partial charge in [-0.05, 0) is 5.92 Å². The number of aliphatic carboxylic acids is 1. The zero-order chi connectivity index (χ0) is 8.31. The Labute approximate surface area is 88.1 Å². The van der Waals surface area contributed by atoms with Gasteiger partial charge in [0.1, 0.15) is 0 Å². The van der Waals surface area contributed by atoms with Crippen LogP contribution in [0.1, 0.15) is 13.8 Å². The van der Waals surface area contributed by atoms with Crippen LogP contribution >= 0.6 is 0 Å². The predicted molar refractivity (Wildman–Crippen MR) is 33.8 cm³/mol. The van der Waals surface area contributed by atoms with E-state index < -0.39 is 18.1 Å². The standard InChI is InChI=1S/C6H13NO3.Na/c1-3(2)5(8)4(7)6(9)10;/h3-5,8H,7H2,1-2H3,(H,9,10);/q;+1/p-1/t4-,5+;/m0./s1. The number of aliphatic hydroxyl groups is 1. The number of carbonyl (C=O) groups excluding carboxylic acids is 1. The van der Waals surface area contributed by atoms with Crippen LogP contribution in [0.5, 0.6) is 0 Å². The summed E-state index contributed by atoms with van der Waals surface area (Å²) in [6.45, 7) is 3.38. The second-order valence-corrected chi connectivity index (χ2v) is 2.58. The SMILES string of the molecule is CC(C)[C@@H](O)[C@H](N)C(=O)[O-].[Na+]. The predicted octanol–water partition coefficient (Wildman–Crippen LogP) is -4.92. The molecule has 2 atom stereocenters. The van der Waals surface area contributed by atoms with Crippen molar-refractivity contribution in [2.45, 2.75) is 26.0 Å². The minimum atomic E-state index is -1.42. The van der Waals surface area contributed by atoms with Gasteiger partial charge in [-0.2, -0.15) is 0 Å². The molecule has 0 saturated heterocycles. The Morgan fingerprint density at radius 3 is 2.00 bits per heavy atom. The number of hydrogen-bond acceptors (Lipinski definition) is 4. The van der Waals surface area contributed by atoms with Crippen LogP contribution < -0.4 is 40.4 Å². The number of rotatable bonds is 3. The molecule has 0 radical (unpaired) electrons. The third-order valence-electron chi connectivity index (χ3n) is 1.32. The Morgan fingerprint density at radius 1 is 1.55 bits per heavy atom. The summed E-state index contributed by atoms with van der Waals surface area (Å²) in [5, 5.41) is 19.1. The molecule has 0 aliphatic carbocycles. The van der Waals surface area contributed by atoms with E-state index in [1.165, 1.54) is 0 Å². The fourth-order valence-corrected chi connectivity index (χ4v) is 0.554. The Balaban J connectivity index is 0. The maximum absolute atomic E-state index is 10.0. The Kier molecular flexibility index (Phi) is 7.57. The van der Waals surface area contributed by atoms with Crippen molar-refractivity contribution in [1.82, 2.24) is 0 Å². The van der Waals surface area contributed by atoms with Crippen LogP contribution in [0.3, 0.4) is 0 Å². The summed E-state index contributed by atoms with van der Waals surface area (Å²) in [6.07, 6.45) is -1.02. The summed E-state index contributed by atoms with van der Waals surface area (Å²) in [6, 6.07) is -1.28. The number of nitrogens with two attached hydrogens (primary N) is 1. The van der Waals surface area contributed by atoms with E-state index in [2.05, 4.69) is 0 Å². The van der Waals surface area contributed by atoms with E-state index in [4.69, 9.17) is 10.8 Å². The number of carbonyl (C=O) groups is 1. The number of hydrogen-bond donors (Lipinski definition) is 2. The van der Waals surface area contributed by atoms with Gasteiger partial charge in [-0.3, -0.25) is 0 Å². The molecule has 0 aromatic rings. The van der Waals surface area contributed by atoms with Gasteiger partial charge in [-0.25, -0.2) is 0 Å². The molecule has 0 aromatic carbocycles. The first kappa shape index (κ1) is 13.9. The molecular formula is C6H12NNaO3.